The van der Waals surface area contributed by atoms with E-state index < -0.39 is 36.5 Å². The summed E-state index contributed by atoms with van der Waals surface area (Å²) in [5.74, 6) is -2.50. The molecule has 3 aliphatic heterocycles. The molecule has 1 amide bonds. The molecule has 1 spiro atoms. The minimum Gasteiger partial charge on any atom is -0.490 e. The van der Waals surface area contributed by atoms with Gasteiger partial charge in [-0.05, 0) is 76.8 Å². The zero-order valence-electron chi connectivity index (χ0n) is 31.1. The SMILES string of the molecule is CC(C)N(C(=O)c1cc(F)ccc1Oc1nncnc1N1CC2(CC(Oc3ccnc4c3CN(CCCN3CCCCOC3)CC4)C2)C1)C1CC(F)(F)C1. The lowest BCUT2D eigenvalue weighted by Gasteiger charge is -2.58. The molecule has 8 rings (SSSR count). The number of halogens is 3. The van der Waals surface area contributed by atoms with Crippen LogP contribution in [0.25, 0.3) is 0 Å². The highest BCUT2D eigenvalue weighted by atomic mass is 19.3. The molecular weight excluding hydrogens is 701 g/mol. The maximum absolute atomic E-state index is 14.5. The second-order valence-electron chi connectivity index (χ2n) is 16.0. The maximum Gasteiger partial charge on any atom is 0.282 e. The molecule has 3 aromatic rings. The minimum atomic E-state index is -2.82. The number of hydrogen-bond acceptors (Lipinski definition) is 11. The van der Waals surface area contributed by atoms with Crippen LogP contribution in [0.4, 0.5) is 19.0 Å². The van der Waals surface area contributed by atoms with Crippen LogP contribution in [0.15, 0.2) is 36.8 Å². The Hall–Kier alpha value is -4.08. The molecule has 0 N–H and O–H groups in total. The number of pyridine rings is 1. The van der Waals surface area contributed by atoms with Gasteiger partial charge in [0.2, 0.25) is 0 Å². The van der Waals surface area contributed by atoms with Crippen molar-refractivity contribution in [2.24, 2.45) is 5.41 Å². The van der Waals surface area contributed by atoms with Crippen LogP contribution < -0.4 is 14.4 Å². The van der Waals surface area contributed by atoms with Crippen LogP contribution in [0.2, 0.25) is 0 Å². The normalized spacial score (nSPS) is 21.5. The Bertz CT molecular complexity index is 1800. The van der Waals surface area contributed by atoms with Gasteiger partial charge in [-0.1, -0.05) is 0 Å². The van der Waals surface area contributed by atoms with Gasteiger partial charge in [0.25, 0.3) is 17.7 Å². The van der Waals surface area contributed by atoms with Crippen molar-refractivity contribution in [2.45, 2.75) is 95.9 Å². The molecule has 0 radical (unpaired) electrons. The summed E-state index contributed by atoms with van der Waals surface area (Å²) in [5, 5.41) is 8.09. The highest BCUT2D eigenvalue weighted by Crippen LogP contribution is 2.52. The monoisotopic (exact) mass is 750 g/mol. The number of fused-ring (bicyclic) bond motifs is 1. The van der Waals surface area contributed by atoms with Gasteiger partial charge in [-0.2, -0.15) is 0 Å². The quantitative estimate of drug-likeness (QED) is 0.227. The zero-order valence-corrected chi connectivity index (χ0v) is 31.1. The fourth-order valence-electron chi connectivity index (χ4n) is 8.79. The van der Waals surface area contributed by atoms with E-state index >= 15 is 0 Å². The smallest absolute Gasteiger partial charge is 0.282 e. The number of rotatable bonds is 12. The van der Waals surface area contributed by atoms with Crippen LogP contribution in [0.5, 0.6) is 17.4 Å². The molecule has 2 saturated carbocycles. The molecule has 1 aromatic carbocycles. The van der Waals surface area contributed by atoms with Gasteiger partial charge in [0.05, 0.1) is 12.3 Å². The summed E-state index contributed by atoms with van der Waals surface area (Å²) in [6.45, 7) is 11.6. The Morgan fingerprint density at radius 1 is 1.04 bits per heavy atom. The molecule has 0 atom stereocenters. The number of hydrogen-bond donors (Lipinski definition) is 0. The maximum atomic E-state index is 14.5. The predicted molar refractivity (Wildman–Crippen MR) is 193 cm³/mol. The number of carbonyl (C=O) groups excluding carboxylic acids is 1. The molecule has 0 unspecified atom stereocenters. The molecule has 54 heavy (non-hydrogen) atoms. The summed E-state index contributed by atoms with van der Waals surface area (Å²) in [6.07, 6.45) is 8.62. The number of benzene rings is 1. The molecule has 5 heterocycles. The molecule has 4 fully saturated rings. The van der Waals surface area contributed by atoms with Crippen LogP contribution >= 0.6 is 0 Å². The van der Waals surface area contributed by atoms with Gasteiger partial charge in [-0.3, -0.25) is 19.6 Å². The Labute approximate surface area is 314 Å². The molecule has 2 aromatic heterocycles. The number of aromatic nitrogens is 4. The molecule has 2 aliphatic carbocycles. The van der Waals surface area contributed by atoms with Crippen LogP contribution in [0, 0.1) is 11.2 Å². The van der Waals surface area contributed by atoms with Crippen molar-refractivity contribution in [1.29, 1.82) is 0 Å². The van der Waals surface area contributed by atoms with E-state index in [1.165, 1.54) is 35.3 Å². The summed E-state index contributed by atoms with van der Waals surface area (Å²) in [5.41, 5.74) is 2.33. The van der Waals surface area contributed by atoms with Crippen molar-refractivity contribution in [3.05, 3.63) is 59.4 Å². The van der Waals surface area contributed by atoms with Gasteiger partial charge in [0, 0.05) is 100 Å². The van der Waals surface area contributed by atoms with E-state index in [0.29, 0.717) is 5.82 Å². The largest absolute Gasteiger partial charge is 0.490 e. The number of nitrogens with zero attached hydrogens (tertiary/aromatic N) is 8. The van der Waals surface area contributed by atoms with Gasteiger partial charge in [-0.15, -0.1) is 10.2 Å². The van der Waals surface area contributed by atoms with E-state index in [4.69, 9.17) is 14.2 Å². The van der Waals surface area contributed by atoms with E-state index in [0.717, 1.165) is 109 Å². The Morgan fingerprint density at radius 3 is 2.65 bits per heavy atom. The number of ether oxygens (including phenoxy) is 3. The zero-order chi connectivity index (χ0) is 37.5. The topological polar surface area (TPSA) is 109 Å². The minimum absolute atomic E-state index is 0.0558. The summed E-state index contributed by atoms with van der Waals surface area (Å²) < 4.78 is 60.5. The highest BCUT2D eigenvalue weighted by molar-refractivity contribution is 5.97. The Kier molecular flexibility index (Phi) is 10.4. The average Bonchev–Trinajstić information content (AvgIpc) is 3.38. The first-order valence-corrected chi connectivity index (χ1v) is 19.3. The first kappa shape index (κ1) is 36.9. The molecule has 15 heteroatoms. The molecule has 5 aliphatic rings. The van der Waals surface area contributed by atoms with Crippen molar-refractivity contribution in [3.8, 4) is 17.4 Å². The number of carbonyl (C=O) groups is 1. The second kappa shape index (κ2) is 15.2. The standard InChI is InChI=1S/C39H49F3N8O4/c1-26(2)50(28-17-39(41,42)18-28)37(51)30-16-27(40)6-7-33(30)54-36-35(44-24-45-46-36)49-22-38(23-49)19-29(20-38)53-34-8-10-43-32-9-14-47(21-31(32)34)12-5-13-48-11-3-4-15-52-25-48/h6-8,10,16,24,26,28-29H,3-5,9,11-15,17-23,25H2,1-2H3. The van der Waals surface area contributed by atoms with E-state index in [1.807, 2.05) is 12.3 Å². The lowest BCUT2D eigenvalue weighted by Crippen LogP contribution is -2.65. The lowest BCUT2D eigenvalue weighted by atomic mass is 9.61. The van der Waals surface area contributed by atoms with Crippen LogP contribution in [-0.4, -0.2) is 117 Å². The van der Waals surface area contributed by atoms with Crippen LogP contribution in [0.3, 0.4) is 0 Å². The summed E-state index contributed by atoms with van der Waals surface area (Å²) in [6, 6.07) is 4.58. The van der Waals surface area contributed by atoms with Crippen molar-refractivity contribution < 1.29 is 32.2 Å². The van der Waals surface area contributed by atoms with Crippen molar-refractivity contribution >= 4 is 11.7 Å². The lowest BCUT2D eigenvalue weighted by molar-refractivity contribution is -0.120. The van der Waals surface area contributed by atoms with Crippen LogP contribution in [-0.2, 0) is 17.7 Å². The van der Waals surface area contributed by atoms with Crippen molar-refractivity contribution in [2.75, 3.05) is 57.5 Å². The van der Waals surface area contributed by atoms with Gasteiger partial charge < -0.3 is 24.0 Å². The molecular formula is C39H49F3N8O4. The number of anilines is 1. The van der Waals surface area contributed by atoms with Gasteiger partial charge in [0.1, 0.15) is 29.7 Å². The molecule has 12 nitrogen and oxygen atoms in total. The average molecular weight is 751 g/mol. The third kappa shape index (κ3) is 7.85. The first-order valence-electron chi connectivity index (χ1n) is 19.3. The van der Waals surface area contributed by atoms with E-state index in [2.05, 4.69) is 34.9 Å². The summed E-state index contributed by atoms with van der Waals surface area (Å²) in [7, 11) is 0. The van der Waals surface area contributed by atoms with E-state index in [1.54, 1.807) is 13.8 Å². The predicted octanol–water partition coefficient (Wildman–Crippen LogP) is 5.71. The summed E-state index contributed by atoms with van der Waals surface area (Å²) >= 11 is 0. The number of alkyl halides is 2. The molecule has 290 valence electrons. The van der Waals surface area contributed by atoms with Crippen LogP contribution in [0.1, 0.15) is 80.4 Å². The fourth-order valence-corrected chi connectivity index (χ4v) is 8.79. The van der Waals surface area contributed by atoms with E-state index in [9.17, 15) is 18.0 Å². The van der Waals surface area contributed by atoms with Crippen molar-refractivity contribution in [3.63, 3.8) is 0 Å². The first-order chi connectivity index (χ1) is 26.0. The second-order valence-corrected chi connectivity index (χ2v) is 16.0. The number of amides is 1. The van der Waals surface area contributed by atoms with Gasteiger partial charge in [-0.25, -0.2) is 18.2 Å². The van der Waals surface area contributed by atoms with Gasteiger partial charge >= 0.3 is 0 Å². The Balaban J connectivity index is 0.871. The van der Waals surface area contributed by atoms with Crippen molar-refractivity contribution in [1.82, 2.24) is 34.9 Å². The Morgan fingerprint density at radius 2 is 1.85 bits per heavy atom. The third-order valence-electron chi connectivity index (χ3n) is 11.6. The van der Waals surface area contributed by atoms with Gasteiger partial charge in [0.15, 0.2) is 5.82 Å². The third-order valence-corrected chi connectivity index (χ3v) is 11.6. The molecule has 0 bridgehead atoms. The highest BCUT2D eigenvalue weighted by Gasteiger charge is 2.55. The fraction of sp³-hybridized carbons (Fsp3) is 0.615. The van der Waals surface area contributed by atoms with E-state index in [-0.39, 0.29) is 34.8 Å². The molecule has 2 saturated heterocycles. The summed E-state index contributed by atoms with van der Waals surface area (Å²) in [4.78, 5) is 31.2.